The Morgan fingerprint density at radius 3 is 2.58 bits per heavy atom. The average molecular weight is 552 g/mol. The highest BCUT2D eigenvalue weighted by Gasteiger charge is 2.36. The van der Waals surface area contributed by atoms with Gasteiger partial charge in [-0.05, 0) is 55.2 Å². The SMILES string of the molecule is CNC(=O)[C@H](Cc1ccc(OCCCOC)cc1)NC(=O)O[C@H]1CCCCN1S(=O)(=O)c1cccc(F)c1. The molecule has 2 aromatic rings. The van der Waals surface area contributed by atoms with Crippen molar-refractivity contribution in [1.29, 1.82) is 0 Å². The molecule has 0 aliphatic carbocycles. The first-order chi connectivity index (χ1) is 18.2. The fourth-order valence-corrected chi connectivity index (χ4v) is 5.67. The quantitative estimate of drug-likeness (QED) is 0.389. The van der Waals surface area contributed by atoms with Crippen LogP contribution in [-0.4, -0.2) is 70.9 Å². The molecule has 0 bridgehead atoms. The second-order valence-corrected chi connectivity index (χ2v) is 10.7. The number of rotatable bonds is 12. The molecular weight excluding hydrogens is 517 g/mol. The average Bonchev–Trinajstić information content (AvgIpc) is 2.91. The van der Waals surface area contributed by atoms with E-state index in [2.05, 4.69) is 10.6 Å². The zero-order valence-corrected chi connectivity index (χ0v) is 22.3. The van der Waals surface area contributed by atoms with Gasteiger partial charge in [-0.25, -0.2) is 17.6 Å². The molecular formula is C26H34FN3O7S. The van der Waals surface area contributed by atoms with E-state index in [9.17, 15) is 22.4 Å². The third-order valence-corrected chi connectivity index (χ3v) is 7.91. The number of sulfonamides is 1. The maximum atomic E-state index is 13.7. The molecule has 1 fully saturated rings. The summed E-state index contributed by atoms with van der Waals surface area (Å²) in [6.45, 7) is 1.23. The monoisotopic (exact) mass is 551 g/mol. The lowest BCUT2D eigenvalue weighted by Crippen LogP contribution is -2.51. The summed E-state index contributed by atoms with van der Waals surface area (Å²) in [5.74, 6) is -0.447. The zero-order chi connectivity index (χ0) is 27.5. The minimum atomic E-state index is -4.10. The maximum absolute atomic E-state index is 13.7. The zero-order valence-electron chi connectivity index (χ0n) is 21.5. The number of piperidine rings is 1. The minimum absolute atomic E-state index is 0.121. The molecule has 0 radical (unpaired) electrons. The molecule has 2 atom stereocenters. The van der Waals surface area contributed by atoms with Gasteiger partial charge in [-0.1, -0.05) is 18.2 Å². The van der Waals surface area contributed by atoms with Crippen molar-refractivity contribution in [1.82, 2.24) is 14.9 Å². The van der Waals surface area contributed by atoms with Gasteiger partial charge in [0.2, 0.25) is 15.9 Å². The summed E-state index contributed by atoms with van der Waals surface area (Å²) in [5, 5.41) is 5.07. The van der Waals surface area contributed by atoms with Crippen LogP contribution in [0.15, 0.2) is 53.4 Å². The van der Waals surface area contributed by atoms with Crippen LogP contribution in [0.5, 0.6) is 5.75 Å². The standard InChI is InChI=1S/C26H34FN3O7S/c1-28-25(31)23(17-19-10-12-21(13-11-19)36-16-6-15-35-2)29-26(32)37-24-9-3-4-14-30(24)38(33,34)22-8-5-7-20(27)18-22/h5,7-8,10-13,18,23-24H,3-4,6,9,14-17H2,1-2H3,(H,28,31)(H,29,32)/t23-,24-/m0/s1. The van der Waals surface area contributed by atoms with Crippen LogP contribution in [0.3, 0.4) is 0 Å². The lowest BCUT2D eigenvalue weighted by molar-refractivity contribution is -0.122. The first-order valence-electron chi connectivity index (χ1n) is 12.4. The number of hydrogen-bond donors (Lipinski definition) is 2. The molecule has 10 nitrogen and oxygen atoms in total. The van der Waals surface area contributed by atoms with Crippen molar-refractivity contribution in [2.24, 2.45) is 0 Å². The number of hydrogen-bond acceptors (Lipinski definition) is 7. The van der Waals surface area contributed by atoms with Gasteiger partial charge in [-0.15, -0.1) is 0 Å². The van der Waals surface area contributed by atoms with E-state index in [0.29, 0.717) is 31.8 Å². The number of carbonyl (C=O) groups excluding carboxylic acids is 2. The first-order valence-corrected chi connectivity index (χ1v) is 13.9. The maximum Gasteiger partial charge on any atom is 0.409 e. The van der Waals surface area contributed by atoms with Crippen LogP contribution in [0.4, 0.5) is 9.18 Å². The van der Waals surface area contributed by atoms with Crippen molar-refractivity contribution in [2.45, 2.75) is 49.3 Å². The molecule has 1 aliphatic heterocycles. The number of amides is 2. The van der Waals surface area contributed by atoms with Gasteiger partial charge in [0.1, 0.15) is 17.6 Å². The van der Waals surface area contributed by atoms with Gasteiger partial charge >= 0.3 is 6.09 Å². The highest BCUT2D eigenvalue weighted by Crippen LogP contribution is 2.26. The van der Waals surface area contributed by atoms with Gasteiger partial charge in [0.25, 0.3) is 0 Å². The van der Waals surface area contributed by atoms with Crippen molar-refractivity contribution in [3.8, 4) is 5.75 Å². The highest BCUT2D eigenvalue weighted by molar-refractivity contribution is 7.89. The van der Waals surface area contributed by atoms with E-state index in [4.69, 9.17) is 14.2 Å². The summed E-state index contributed by atoms with van der Waals surface area (Å²) in [4.78, 5) is 25.1. The van der Waals surface area contributed by atoms with Gasteiger partial charge in [-0.2, -0.15) is 4.31 Å². The van der Waals surface area contributed by atoms with Crippen LogP contribution in [-0.2, 0) is 30.7 Å². The van der Waals surface area contributed by atoms with Gasteiger partial charge < -0.3 is 24.8 Å². The van der Waals surface area contributed by atoms with Gasteiger partial charge in [0, 0.05) is 40.2 Å². The summed E-state index contributed by atoms with van der Waals surface area (Å²) >= 11 is 0. The van der Waals surface area contributed by atoms with Gasteiger partial charge in [0.05, 0.1) is 11.5 Å². The number of methoxy groups -OCH3 is 1. The summed E-state index contributed by atoms with van der Waals surface area (Å²) < 4.78 is 57.1. The molecule has 1 saturated heterocycles. The third kappa shape index (κ3) is 8.14. The number of likely N-dealkylation sites (N-methyl/N-ethyl adjacent to an activating group) is 1. The number of ether oxygens (including phenoxy) is 3. The Morgan fingerprint density at radius 1 is 1.13 bits per heavy atom. The third-order valence-electron chi connectivity index (χ3n) is 6.03. The second kappa shape index (κ2) is 14.1. The lowest BCUT2D eigenvalue weighted by Gasteiger charge is -2.34. The predicted molar refractivity (Wildman–Crippen MR) is 138 cm³/mol. The molecule has 0 aromatic heterocycles. The largest absolute Gasteiger partial charge is 0.494 e. The molecule has 2 N–H and O–H groups in total. The van der Waals surface area contributed by atoms with Crippen molar-refractivity contribution in [3.63, 3.8) is 0 Å². The Kier molecular flexibility index (Phi) is 10.9. The van der Waals surface area contributed by atoms with E-state index in [0.717, 1.165) is 28.4 Å². The number of nitrogens with zero attached hydrogens (tertiary/aromatic N) is 1. The first kappa shape index (κ1) is 29.3. The van der Waals surface area contributed by atoms with Crippen molar-refractivity contribution < 1.29 is 36.6 Å². The van der Waals surface area contributed by atoms with Crippen molar-refractivity contribution in [2.75, 3.05) is 33.9 Å². The summed E-state index contributed by atoms with van der Waals surface area (Å²) in [5.41, 5.74) is 0.774. The van der Waals surface area contributed by atoms with Crippen LogP contribution in [0.1, 0.15) is 31.2 Å². The molecule has 208 valence electrons. The smallest absolute Gasteiger partial charge is 0.409 e. The van der Waals surface area contributed by atoms with Gasteiger partial charge in [0.15, 0.2) is 6.23 Å². The Morgan fingerprint density at radius 2 is 1.89 bits per heavy atom. The lowest BCUT2D eigenvalue weighted by atomic mass is 10.1. The Balaban J connectivity index is 1.64. The fraction of sp³-hybridized carbons (Fsp3) is 0.462. The van der Waals surface area contributed by atoms with E-state index in [1.165, 1.54) is 19.2 Å². The van der Waals surface area contributed by atoms with E-state index in [-0.39, 0.29) is 24.3 Å². The Bertz CT molecular complexity index is 1180. The number of nitrogens with one attached hydrogen (secondary N) is 2. The summed E-state index contributed by atoms with van der Waals surface area (Å²) in [7, 11) is -1.02. The molecule has 0 saturated carbocycles. The number of halogens is 1. The molecule has 38 heavy (non-hydrogen) atoms. The summed E-state index contributed by atoms with van der Waals surface area (Å²) in [6.07, 6.45) is 0.410. The van der Waals surface area contributed by atoms with Gasteiger partial charge in [-0.3, -0.25) is 4.79 Å². The molecule has 1 aliphatic rings. The normalized spacial score (nSPS) is 16.9. The predicted octanol–water partition coefficient (Wildman–Crippen LogP) is 2.83. The molecule has 2 amide bonds. The van der Waals surface area contributed by atoms with E-state index >= 15 is 0 Å². The van der Waals surface area contributed by atoms with E-state index in [1.54, 1.807) is 31.4 Å². The molecule has 1 heterocycles. The molecule has 12 heteroatoms. The van der Waals surface area contributed by atoms with E-state index < -0.39 is 40.1 Å². The molecule has 3 rings (SSSR count). The van der Waals surface area contributed by atoms with Crippen LogP contribution >= 0.6 is 0 Å². The number of carbonyl (C=O) groups is 2. The van der Waals surface area contributed by atoms with Crippen LogP contribution in [0.2, 0.25) is 0 Å². The number of benzene rings is 2. The topological polar surface area (TPSA) is 123 Å². The Hall–Kier alpha value is -3.22. The van der Waals surface area contributed by atoms with Crippen LogP contribution in [0, 0.1) is 5.82 Å². The fourth-order valence-electron chi connectivity index (χ4n) is 4.06. The van der Waals surface area contributed by atoms with E-state index in [1.807, 2.05) is 0 Å². The van der Waals surface area contributed by atoms with Crippen LogP contribution < -0.4 is 15.4 Å². The number of alkyl carbamates (subject to hydrolysis) is 1. The van der Waals surface area contributed by atoms with Crippen molar-refractivity contribution >= 4 is 22.0 Å². The molecule has 2 aromatic carbocycles. The van der Waals surface area contributed by atoms with Crippen LogP contribution in [0.25, 0.3) is 0 Å². The molecule has 0 unspecified atom stereocenters. The molecule has 0 spiro atoms. The highest BCUT2D eigenvalue weighted by atomic mass is 32.2. The second-order valence-electron chi connectivity index (χ2n) is 8.78. The minimum Gasteiger partial charge on any atom is -0.494 e. The van der Waals surface area contributed by atoms with Crippen molar-refractivity contribution in [3.05, 3.63) is 59.9 Å². The summed E-state index contributed by atoms with van der Waals surface area (Å²) in [6, 6.07) is 10.9. The Labute approximate surface area is 222 Å².